The summed E-state index contributed by atoms with van der Waals surface area (Å²) in [4.78, 5) is 6.33. The van der Waals surface area contributed by atoms with Crippen LogP contribution in [0.25, 0.3) is 10.9 Å². The highest BCUT2D eigenvalue weighted by atomic mass is 15.2. The van der Waals surface area contributed by atoms with Crippen molar-refractivity contribution in [3.63, 3.8) is 0 Å². The summed E-state index contributed by atoms with van der Waals surface area (Å²) in [5, 5.41) is 1.40. The standard InChI is InChI=1S/C26H26N2/c1-3-9-20(10-4-1)18-28(19-21-11-5-2-6-12-21)22-15-16-26-24(17-22)23-13-7-8-14-25(23)27-26/h1-14,22,27H,15-19H2. The van der Waals surface area contributed by atoms with E-state index in [1.165, 1.54) is 39.7 Å². The van der Waals surface area contributed by atoms with Gasteiger partial charge in [0, 0.05) is 35.7 Å². The molecule has 0 saturated heterocycles. The quantitative estimate of drug-likeness (QED) is 0.478. The molecule has 0 amide bonds. The van der Waals surface area contributed by atoms with Crippen molar-refractivity contribution >= 4 is 10.9 Å². The van der Waals surface area contributed by atoms with E-state index in [9.17, 15) is 0 Å². The van der Waals surface area contributed by atoms with Gasteiger partial charge in [-0.3, -0.25) is 4.90 Å². The maximum atomic E-state index is 3.66. The number of nitrogens with zero attached hydrogens (tertiary/aromatic N) is 1. The molecule has 0 spiro atoms. The summed E-state index contributed by atoms with van der Waals surface area (Å²) in [5.41, 5.74) is 7.03. The van der Waals surface area contributed by atoms with Gasteiger partial charge < -0.3 is 4.98 Å². The molecule has 1 unspecified atom stereocenters. The number of aryl methyl sites for hydroxylation is 1. The first-order valence-corrected chi connectivity index (χ1v) is 10.3. The van der Waals surface area contributed by atoms with E-state index in [1.807, 2.05) is 0 Å². The normalized spacial score (nSPS) is 16.4. The summed E-state index contributed by atoms with van der Waals surface area (Å²) >= 11 is 0. The molecule has 0 aliphatic heterocycles. The van der Waals surface area contributed by atoms with Gasteiger partial charge in [0.15, 0.2) is 0 Å². The molecule has 1 aromatic heterocycles. The number of hydrogen-bond donors (Lipinski definition) is 1. The van der Waals surface area contributed by atoms with Crippen LogP contribution in [0.15, 0.2) is 84.9 Å². The number of hydrogen-bond acceptors (Lipinski definition) is 1. The molecular formula is C26H26N2. The zero-order valence-corrected chi connectivity index (χ0v) is 16.1. The molecule has 140 valence electrons. The number of aromatic amines is 1. The average molecular weight is 367 g/mol. The Bertz CT molecular complexity index is 1010. The van der Waals surface area contributed by atoms with E-state index in [-0.39, 0.29) is 0 Å². The summed E-state index contributed by atoms with van der Waals surface area (Å²) in [5.74, 6) is 0. The van der Waals surface area contributed by atoms with Gasteiger partial charge in [-0.15, -0.1) is 0 Å². The topological polar surface area (TPSA) is 19.0 Å². The number of fused-ring (bicyclic) bond motifs is 3. The van der Waals surface area contributed by atoms with Crippen LogP contribution in [-0.4, -0.2) is 15.9 Å². The van der Waals surface area contributed by atoms with Crippen LogP contribution in [0, 0.1) is 0 Å². The molecule has 3 aromatic carbocycles. The van der Waals surface area contributed by atoms with Crippen molar-refractivity contribution in [2.45, 2.75) is 38.4 Å². The van der Waals surface area contributed by atoms with Crippen molar-refractivity contribution in [1.82, 2.24) is 9.88 Å². The summed E-state index contributed by atoms with van der Waals surface area (Å²) in [6.45, 7) is 2.00. The van der Waals surface area contributed by atoms with Crippen LogP contribution in [0.2, 0.25) is 0 Å². The van der Waals surface area contributed by atoms with Crippen molar-refractivity contribution in [2.24, 2.45) is 0 Å². The minimum absolute atomic E-state index is 0.562. The Hall–Kier alpha value is -2.84. The second kappa shape index (κ2) is 7.65. The number of aromatic nitrogens is 1. The molecule has 1 N–H and O–H groups in total. The van der Waals surface area contributed by atoms with Gasteiger partial charge in [0.1, 0.15) is 0 Å². The molecule has 28 heavy (non-hydrogen) atoms. The molecule has 5 rings (SSSR count). The minimum Gasteiger partial charge on any atom is -0.358 e. The first-order chi connectivity index (χ1) is 13.9. The van der Waals surface area contributed by atoms with Gasteiger partial charge in [-0.05, 0) is 42.0 Å². The fraction of sp³-hybridized carbons (Fsp3) is 0.231. The van der Waals surface area contributed by atoms with E-state index in [4.69, 9.17) is 0 Å². The molecule has 0 bridgehead atoms. The second-order valence-corrected chi connectivity index (χ2v) is 7.90. The summed E-state index contributed by atoms with van der Waals surface area (Å²) in [7, 11) is 0. The van der Waals surface area contributed by atoms with Gasteiger partial charge in [-0.2, -0.15) is 0 Å². The zero-order chi connectivity index (χ0) is 18.8. The predicted molar refractivity (Wildman–Crippen MR) is 116 cm³/mol. The second-order valence-electron chi connectivity index (χ2n) is 7.90. The van der Waals surface area contributed by atoms with Crippen LogP contribution in [0.5, 0.6) is 0 Å². The molecule has 1 aliphatic carbocycles. The van der Waals surface area contributed by atoms with Gasteiger partial charge in [-0.1, -0.05) is 78.9 Å². The van der Waals surface area contributed by atoms with E-state index >= 15 is 0 Å². The first kappa shape index (κ1) is 17.3. The van der Waals surface area contributed by atoms with E-state index in [2.05, 4.69) is 94.8 Å². The van der Waals surface area contributed by atoms with E-state index in [0.29, 0.717) is 6.04 Å². The third-order valence-electron chi connectivity index (χ3n) is 6.04. The van der Waals surface area contributed by atoms with Crippen LogP contribution < -0.4 is 0 Å². The van der Waals surface area contributed by atoms with Crippen LogP contribution in [0.4, 0.5) is 0 Å². The molecule has 2 heteroatoms. The Morgan fingerprint density at radius 2 is 1.36 bits per heavy atom. The van der Waals surface area contributed by atoms with Crippen LogP contribution in [0.1, 0.15) is 28.8 Å². The maximum absolute atomic E-state index is 3.66. The van der Waals surface area contributed by atoms with Crippen molar-refractivity contribution in [2.75, 3.05) is 0 Å². The number of para-hydroxylation sites is 1. The lowest BCUT2D eigenvalue weighted by atomic mass is 9.90. The maximum Gasteiger partial charge on any atom is 0.0458 e. The molecule has 0 radical (unpaired) electrons. The highest BCUT2D eigenvalue weighted by Gasteiger charge is 2.27. The van der Waals surface area contributed by atoms with E-state index in [0.717, 1.165) is 25.9 Å². The Morgan fingerprint density at radius 3 is 2.04 bits per heavy atom. The molecular weight excluding hydrogens is 340 g/mol. The monoisotopic (exact) mass is 366 g/mol. The molecule has 0 saturated carbocycles. The van der Waals surface area contributed by atoms with Gasteiger partial charge in [0.05, 0.1) is 0 Å². The Balaban J connectivity index is 1.45. The molecule has 0 fully saturated rings. The largest absolute Gasteiger partial charge is 0.358 e. The SMILES string of the molecule is c1ccc(CN(Cc2ccccc2)C2CCc3[nH]c4ccccc4c3C2)cc1. The fourth-order valence-corrected chi connectivity index (χ4v) is 4.61. The van der Waals surface area contributed by atoms with E-state index in [1.54, 1.807) is 0 Å². The highest BCUT2D eigenvalue weighted by molar-refractivity contribution is 5.84. The average Bonchev–Trinajstić information content (AvgIpc) is 3.13. The molecule has 2 nitrogen and oxygen atoms in total. The first-order valence-electron chi connectivity index (χ1n) is 10.3. The minimum atomic E-state index is 0.562. The lowest BCUT2D eigenvalue weighted by Crippen LogP contribution is -2.38. The highest BCUT2D eigenvalue weighted by Crippen LogP contribution is 2.32. The fourth-order valence-electron chi connectivity index (χ4n) is 4.61. The van der Waals surface area contributed by atoms with Crippen molar-refractivity contribution < 1.29 is 0 Å². The third kappa shape index (κ3) is 3.48. The molecule has 4 aromatic rings. The molecule has 1 atom stereocenters. The zero-order valence-electron chi connectivity index (χ0n) is 16.1. The molecule has 1 aliphatic rings. The van der Waals surface area contributed by atoms with Crippen molar-refractivity contribution in [3.8, 4) is 0 Å². The lowest BCUT2D eigenvalue weighted by Gasteiger charge is -2.34. The van der Waals surface area contributed by atoms with Crippen molar-refractivity contribution in [3.05, 3.63) is 107 Å². The number of benzene rings is 3. The lowest BCUT2D eigenvalue weighted by molar-refractivity contribution is 0.162. The van der Waals surface area contributed by atoms with Gasteiger partial charge in [-0.25, -0.2) is 0 Å². The number of nitrogens with one attached hydrogen (secondary N) is 1. The smallest absolute Gasteiger partial charge is 0.0458 e. The Kier molecular flexibility index (Phi) is 4.72. The van der Waals surface area contributed by atoms with Gasteiger partial charge in [0.25, 0.3) is 0 Å². The third-order valence-corrected chi connectivity index (χ3v) is 6.04. The van der Waals surface area contributed by atoms with Crippen molar-refractivity contribution in [1.29, 1.82) is 0 Å². The predicted octanol–water partition coefficient (Wildman–Crippen LogP) is 5.73. The number of H-pyrrole nitrogens is 1. The summed E-state index contributed by atoms with van der Waals surface area (Å²) < 4.78 is 0. The van der Waals surface area contributed by atoms with E-state index < -0.39 is 0 Å². The Morgan fingerprint density at radius 1 is 0.750 bits per heavy atom. The summed E-state index contributed by atoms with van der Waals surface area (Å²) in [6.07, 6.45) is 3.47. The summed E-state index contributed by atoms with van der Waals surface area (Å²) in [6, 6.07) is 31.1. The van der Waals surface area contributed by atoms with Crippen LogP contribution in [0.3, 0.4) is 0 Å². The van der Waals surface area contributed by atoms with Crippen LogP contribution >= 0.6 is 0 Å². The Labute approximate surface area is 166 Å². The molecule has 1 heterocycles. The number of rotatable bonds is 5. The van der Waals surface area contributed by atoms with Gasteiger partial charge in [0.2, 0.25) is 0 Å². The van der Waals surface area contributed by atoms with Gasteiger partial charge >= 0.3 is 0 Å². The van der Waals surface area contributed by atoms with Crippen LogP contribution in [-0.2, 0) is 25.9 Å².